The van der Waals surface area contributed by atoms with Gasteiger partial charge in [0.1, 0.15) is 30.2 Å². The first-order valence-electron chi connectivity index (χ1n) is 16.3. The highest BCUT2D eigenvalue weighted by atomic mass is 16.4. The van der Waals surface area contributed by atoms with E-state index >= 15 is 0 Å². The van der Waals surface area contributed by atoms with Gasteiger partial charge in [0, 0.05) is 0 Å². The molecule has 0 aliphatic rings. The van der Waals surface area contributed by atoms with Gasteiger partial charge in [-0.2, -0.15) is 0 Å². The summed E-state index contributed by atoms with van der Waals surface area (Å²) in [7, 11) is 0. The number of unbranched alkanes of at least 4 members (excludes halogenated alkanes) is 4. The SMILES string of the molecule is NCCCC[C@H](NC(=O)[C@H](CCCCN)NC(=O)[C@H](CCCCN)NC(=O)[C@H](CCCCN)NC(=O)[C@H](CO)NC(=O)CN)C(=O)O. The number of nitrogens with two attached hydrogens (primary N) is 5. The third-order valence-electron chi connectivity index (χ3n) is 7.32. The molecule has 0 aromatic rings. The molecule has 0 rings (SSSR count). The maximum atomic E-state index is 13.6. The zero-order valence-electron chi connectivity index (χ0n) is 27.3. The monoisotopic (exact) mass is 674 g/mol. The van der Waals surface area contributed by atoms with Crippen LogP contribution in [0, 0.1) is 0 Å². The van der Waals surface area contributed by atoms with E-state index in [1.165, 1.54) is 0 Å². The molecule has 0 radical (unpaired) electrons. The number of aliphatic hydroxyl groups excluding tert-OH is 1. The van der Waals surface area contributed by atoms with Crippen molar-refractivity contribution >= 4 is 35.5 Å². The van der Waals surface area contributed by atoms with Crippen LogP contribution in [-0.4, -0.2) is 115 Å². The molecule has 0 aromatic heterocycles. The van der Waals surface area contributed by atoms with E-state index in [0.717, 1.165) is 0 Å². The van der Waals surface area contributed by atoms with Gasteiger partial charge < -0.3 is 65.5 Å². The summed E-state index contributed by atoms with van der Waals surface area (Å²) < 4.78 is 0. The van der Waals surface area contributed by atoms with E-state index in [1.807, 2.05) is 0 Å². The van der Waals surface area contributed by atoms with E-state index in [0.29, 0.717) is 77.5 Å². The maximum Gasteiger partial charge on any atom is 0.326 e. The molecular formula is C29H58N10O8. The van der Waals surface area contributed by atoms with Gasteiger partial charge in [-0.15, -0.1) is 0 Å². The Morgan fingerprint density at radius 2 is 0.745 bits per heavy atom. The van der Waals surface area contributed by atoms with E-state index in [9.17, 15) is 39.0 Å². The molecular weight excluding hydrogens is 616 g/mol. The van der Waals surface area contributed by atoms with Gasteiger partial charge in [-0.3, -0.25) is 24.0 Å². The quantitative estimate of drug-likeness (QED) is 0.0352. The second-order valence-electron chi connectivity index (χ2n) is 11.2. The van der Waals surface area contributed by atoms with Crippen molar-refractivity contribution in [2.75, 3.05) is 39.3 Å². The molecule has 0 fully saturated rings. The van der Waals surface area contributed by atoms with Crippen LogP contribution in [0.4, 0.5) is 0 Å². The van der Waals surface area contributed by atoms with E-state index < -0.39 is 78.9 Å². The Labute approximate surface area is 276 Å². The molecule has 5 atom stereocenters. The lowest BCUT2D eigenvalue weighted by atomic mass is 10.0. The van der Waals surface area contributed by atoms with E-state index in [4.69, 9.17) is 28.7 Å². The molecule has 5 amide bonds. The number of aliphatic hydroxyl groups is 1. The zero-order valence-corrected chi connectivity index (χ0v) is 27.3. The van der Waals surface area contributed by atoms with Crippen molar-refractivity contribution in [3.63, 3.8) is 0 Å². The fourth-order valence-electron chi connectivity index (χ4n) is 4.57. The van der Waals surface area contributed by atoms with E-state index in [1.54, 1.807) is 0 Å². The van der Waals surface area contributed by atoms with Crippen molar-refractivity contribution in [3.05, 3.63) is 0 Å². The molecule has 0 spiro atoms. The van der Waals surface area contributed by atoms with Crippen molar-refractivity contribution < 1.29 is 39.0 Å². The van der Waals surface area contributed by atoms with Crippen molar-refractivity contribution in [1.82, 2.24) is 26.6 Å². The van der Waals surface area contributed by atoms with Crippen LogP contribution in [0.15, 0.2) is 0 Å². The average Bonchev–Trinajstić information content (AvgIpc) is 3.04. The number of rotatable bonds is 28. The van der Waals surface area contributed by atoms with Gasteiger partial charge in [0.2, 0.25) is 29.5 Å². The van der Waals surface area contributed by atoms with E-state index in [2.05, 4.69) is 26.6 Å². The summed E-state index contributed by atoms with van der Waals surface area (Å²) in [6.45, 7) is 0.229. The Balaban J connectivity index is 6.00. The van der Waals surface area contributed by atoms with Crippen LogP contribution in [0.5, 0.6) is 0 Å². The van der Waals surface area contributed by atoms with Crippen LogP contribution >= 0.6 is 0 Å². The molecule has 18 nitrogen and oxygen atoms in total. The van der Waals surface area contributed by atoms with Gasteiger partial charge in [0.05, 0.1) is 13.2 Å². The summed E-state index contributed by atoms with van der Waals surface area (Å²) >= 11 is 0. The predicted molar refractivity (Wildman–Crippen MR) is 175 cm³/mol. The molecule has 0 aliphatic carbocycles. The first kappa shape index (κ1) is 43.6. The Kier molecular flexibility index (Phi) is 24.7. The average molecular weight is 675 g/mol. The lowest BCUT2D eigenvalue weighted by molar-refractivity contribution is -0.142. The minimum atomic E-state index is -1.36. The van der Waals surface area contributed by atoms with Crippen molar-refractivity contribution in [3.8, 4) is 0 Å². The number of hydrogen-bond acceptors (Lipinski definition) is 12. The number of carboxylic acids is 1. The number of carbonyl (C=O) groups excluding carboxylic acids is 5. The summed E-state index contributed by atoms with van der Waals surface area (Å²) in [5.74, 6) is -4.82. The number of hydrogen-bond donors (Lipinski definition) is 12. The van der Waals surface area contributed by atoms with Gasteiger partial charge in [0.15, 0.2) is 0 Å². The van der Waals surface area contributed by atoms with Crippen molar-refractivity contribution in [1.29, 1.82) is 0 Å². The minimum Gasteiger partial charge on any atom is -0.480 e. The first-order chi connectivity index (χ1) is 22.5. The summed E-state index contributed by atoms with van der Waals surface area (Å²) in [6.07, 6.45) is 4.66. The zero-order chi connectivity index (χ0) is 35.6. The van der Waals surface area contributed by atoms with E-state index in [-0.39, 0.29) is 25.7 Å². The highest BCUT2D eigenvalue weighted by molar-refractivity contribution is 5.96. The molecule has 0 bridgehead atoms. The molecule has 0 unspecified atom stereocenters. The van der Waals surface area contributed by atoms with Crippen LogP contribution in [0.3, 0.4) is 0 Å². The third kappa shape index (κ3) is 19.1. The van der Waals surface area contributed by atoms with Gasteiger partial charge in [0.25, 0.3) is 0 Å². The first-order valence-corrected chi connectivity index (χ1v) is 16.3. The Morgan fingerprint density at radius 3 is 1.02 bits per heavy atom. The molecule has 0 heterocycles. The molecule has 0 saturated heterocycles. The number of nitrogens with one attached hydrogen (secondary N) is 5. The molecule has 17 N–H and O–H groups in total. The van der Waals surface area contributed by atoms with Crippen LogP contribution in [0.2, 0.25) is 0 Å². The summed E-state index contributed by atoms with van der Waals surface area (Å²) in [6, 6.07) is -5.96. The van der Waals surface area contributed by atoms with Gasteiger partial charge >= 0.3 is 5.97 Å². The van der Waals surface area contributed by atoms with Gasteiger partial charge in [-0.05, 0) is 103 Å². The normalized spacial score (nSPS) is 14.2. The van der Waals surface area contributed by atoms with Crippen LogP contribution in [-0.2, 0) is 28.8 Å². The van der Waals surface area contributed by atoms with Crippen LogP contribution < -0.4 is 55.3 Å². The molecule has 0 aromatic carbocycles. The van der Waals surface area contributed by atoms with Crippen molar-refractivity contribution in [2.24, 2.45) is 28.7 Å². The fourth-order valence-corrected chi connectivity index (χ4v) is 4.57. The summed E-state index contributed by atoms with van der Waals surface area (Å²) in [5.41, 5.74) is 27.6. The lowest BCUT2D eigenvalue weighted by Gasteiger charge is -2.27. The molecule has 18 heteroatoms. The minimum absolute atomic E-state index is 0.139. The molecule has 272 valence electrons. The fraction of sp³-hybridized carbons (Fsp3) is 0.793. The standard InChI is InChI=1S/C29H58N10O8/c30-13-5-1-9-19(36-26(43)20(10-2-6-14-31)38-28(45)23(18-40)35-24(41)17-34)25(42)37-21(11-3-7-15-32)27(44)39-22(29(46)47)12-4-8-16-33/h19-23,40H,1-18,30-34H2,(H,35,41)(H,36,43)(H,37,42)(H,38,45)(H,39,44)(H,46,47)/t19-,20-,21-,22-,23-/m0/s1. The Bertz CT molecular complexity index is 958. The lowest BCUT2D eigenvalue weighted by Crippen LogP contribution is -2.59. The maximum absolute atomic E-state index is 13.6. The molecule has 47 heavy (non-hydrogen) atoms. The summed E-state index contributed by atoms with van der Waals surface area (Å²) in [4.78, 5) is 76.6. The number of amides is 5. The Hall–Kier alpha value is -3.42. The van der Waals surface area contributed by atoms with Crippen LogP contribution in [0.1, 0.15) is 77.0 Å². The van der Waals surface area contributed by atoms with Crippen molar-refractivity contribution in [2.45, 2.75) is 107 Å². The largest absolute Gasteiger partial charge is 0.480 e. The molecule has 0 aliphatic heterocycles. The topological polar surface area (TPSA) is 333 Å². The number of carbonyl (C=O) groups is 6. The summed E-state index contributed by atoms with van der Waals surface area (Å²) in [5, 5.41) is 31.8. The van der Waals surface area contributed by atoms with Crippen LogP contribution in [0.25, 0.3) is 0 Å². The second kappa shape index (κ2) is 26.6. The predicted octanol–water partition coefficient (Wildman–Crippen LogP) is -4.04. The number of carboxylic acid groups (broad SMARTS) is 1. The smallest absolute Gasteiger partial charge is 0.326 e. The highest BCUT2D eigenvalue weighted by Gasteiger charge is 2.32. The van der Waals surface area contributed by atoms with Gasteiger partial charge in [-0.25, -0.2) is 4.79 Å². The van der Waals surface area contributed by atoms with Gasteiger partial charge in [-0.1, -0.05) is 0 Å². The molecule has 0 saturated carbocycles. The Morgan fingerprint density at radius 1 is 0.447 bits per heavy atom. The third-order valence-corrected chi connectivity index (χ3v) is 7.32. The highest BCUT2D eigenvalue weighted by Crippen LogP contribution is 2.09. The number of aliphatic carboxylic acids is 1. The second-order valence-corrected chi connectivity index (χ2v) is 11.2.